The van der Waals surface area contributed by atoms with Crippen molar-refractivity contribution in [3.63, 3.8) is 0 Å². The summed E-state index contributed by atoms with van der Waals surface area (Å²) >= 11 is 1.82. The zero-order valence-corrected chi connectivity index (χ0v) is 11.2. The molecule has 3 N–H and O–H groups in total. The fraction of sp³-hybridized carbons (Fsp3) is 0.214. The lowest BCUT2D eigenvalue weighted by molar-refractivity contribution is 1.16. The molecular weight excluding hydrogens is 242 g/mol. The average molecular weight is 259 g/mol. The van der Waals surface area contributed by atoms with Crippen LogP contribution in [0, 0.1) is 6.92 Å². The summed E-state index contributed by atoms with van der Waals surface area (Å²) < 4.78 is 0. The Balaban J connectivity index is 1.81. The third-order valence-electron chi connectivity index (χ3n) is 2.61. The SMILES string of the molecule is Cc1ccnc(NCCSc2ccccc2)c1N. The highest BCUT2D eigenvalue weighted by Crippen LogP contribution is 2.20. The van der Waals surface area contributed by atoms with E-state index in [9.17, 15) is 0 Å². The predicted molar refractivity (Wildman–Crippen MR) is 79.0 cm³/mol. The minimum Gasteiger partial charge on any atom is -0.396 e. The Bertz CT molecular complexity index is 500. The molecule has 1 aromatic heterocycles. The largest absolute Gasteiger partial charge is 0.396 e. The lowest BCUT2D eigenvalue weighted by Gasteiger charge is -2.09. The standard InChI is InChI=1S/C14H17N3S/c1-11-7-8-16-14(13(11)15)17-9-10-18-12-5-3-2-4-6-12/h2-8H,9-10,15H2,1H3,(H,16,17). The van der Waals surface area contributed by atoms with E-state index in [4.69, 9.17) is 5.73 Å². The summed E-state index contributed by atoms with van der Waals surface area (Å²) in [5, 5.41) is 3.27. The van der Waals surface area contributed by atoms with E-state index in [0.717, 1.165) is 29.4 Å². The van der Waals surface area contributed by atoms with E-state index in [1.165, 1.54) is 4.90 Å². The first-order valence-electron chi connectivity index (χ1n) is 5.90. The van der Waals surface area contributed by atoms with Gasteiger partial charge in [-0.15, -0.1) is 11.8 Å². The minimum atomic E-state index is 0.738. The number of pyridine rings is 1. The van der Waals surface area contributed by atoms with Gasteiger partial charge in [0.2, 0.25) is 0 Å². The van der Waals surface area contributed by atoms with Crippen LogP contribution in [-0.4, -0.2) is 17.3 Å². The maximum Gasteiger partial charge on any atom is 0.149 e. The molecule has 3 nitrogen and oxygen atoms in total. The van der Waals surface area contributed by atoms with Crippen LogP contribution in [0.25, 0.3) is 0 Å². The average Bonchev–Trinajstić information content (AvgIpc) is 2.40. The molecule has 0 saturated carbocycles. The Morgan fingerprint density at radius 2 is 2.00 bits per heavy atom. The first-order valence-corrected chi connectivity index (χ1v) is 6.89. The molecule has 0 atom stereocenters. The monoisotopic (exact) mass is 259 g/mol. The van der Waals surface area contributed by atoms with E-state index in [1.807, 2.05) is 30.8 Å². The second kappa shape index (κ2) is 6.31. The molecule has 94 valence electrons. The Morgan fingerprint density at radius 1 is 1.22 bits per heavy atom. The van der Waals surface area contributed by atoms with Gasteiger partial charge in [0, 0.05) is 23.4 Å². The molecule has 4 heteroatoms. The molecule has 0 aliphatic heterocycles. The predicted octanol–water partition coefficient (Wildman–Crippen LogP) is 3.18. The number of benzene rings is 1. The van der Waals surface area contributed by atoms with Gasteiger partial charge in [-0.25, -0.2) is 4.98 Å². The molecule has 0 spiro atoms. The lowest BCUT2D eigenvalue weighted by Crippen LogP contribution is -2.08. The first kappa shape index (κ1) is 12.8. The van der Waals surface area contributed by atoms with Gasteiger partial charge in [0.15, 0.2) is 0 Å². The van der Waals surface area contributed by atoms with Crippen molar-refractivity contribution in [3.05, 3.63) is 48.2 Å². The van der Waals surface area contributed by atoms with E-state index in [-0.39, 0.29) is 0 Å². The third kappa shape index (κ3) is 3.40. The van der Waals surface area contributed by atoms with Crippen LogP contribution >= 0.6 is 11.8 Å². The molecule has 1 aromatic carbocycles. The van der Waals surface area contributed by atoms with E-state index in [0.29, 0.717) is 0 Å². The second-order valence-electron chi connectivity index (χ2n) is 3.98. The minimum absolute atomic E-state index is 0.738. The molecule has 18 heavy (non-hydrogen) atoms. The third-order valence-corrected chi connectivity index (χ3v) is 3.63. The second-order valence-corrected chi connectivity index (χ2v) is 5.15. The Morgan fingerprint density at radius 3 is 2.78 bits per heavy atom. The van der Waals surface area contributed by atoms with Gasteiger partial charge >= 0.3 is 0 Å². The number of nitrogens with two attached hydrogens (primary N) is 1. The van der Waals surface area contributed by atoms with Crippen LogP contribution in [0.5, 0.6) is 0 Å². The Hall–Kier alpha value is -1.68. The van der Waals surface area contributed by atoms with Crippen LogP contribution in [0.4, 0.5) is 11.5 Å². The highest BCUT2D eigenvalue weighted by atomic mass is 32.2. The molecule has 0 saturated heterocycles. The molecule has 0 aliphatic carbocycles. The zero-order chi connectivity index (χ0) is 12.8. The highest BCUT2D eigenvalue weighted by molar-refractivity contribution is 7.99. The summed E-state index contributed by atoms with van der Waals surface area (Å²) in [4.78, 5) is 5.52. The van der Waals surface area contributed by atoms with E-state index >= 15 is 0 Å². The van der Waals surface area contributed by atoms with E-state index in [1.54, 1.807) is 6.20 Å². The topological polar surface area (TPSA) is 50.9 Å². The van der Waals surface area contributed by atoms with E-state index < -0.39 is 0 Å². The highest BCUT2D eigenvalue weighted by Gasteiger charge is 2.01. The number of nitrogens with zero attached hydrogens (tertiary/aromatic N) is 1. The maximum atomic E-state index is 5.94. The van der Waals surface area contributed by atoms with Crippen molar-refractivity contribution < 1.29 is 0 Å². The number of aromatic nitrogens is 1. The van der Waals surface area contributed by atoms with Crippen molar-refractivity contribution in [2.75, 3.05) is 23.3 Å². The summed E-state index contributed by atoms with van der Waals surface area (Å²) in [6, 6.07) is 12.3. The molecule has 0 fully saturated rings. The molecule has 0 bridgehead atoms. The van der Waals surface area contributed by atoms with Gasteiger partial charge in [-0.05, 0) is 30.7 Å². The van der Waals surface area contributed by atoms with Crippen molar-refractivity contribution in [1.29, 1.82) is 0 Å². The maximum absolute atomic E-state index is 5.94. The van der Waals surface area contributed by atoms with Gasteiger partial charge in [0.05, 0.1) is 5.69 Å². The molecule has 0 unspecified atom stereocenters. The van der Waals surface area contributed by atoms with Crippen molar-refractivity contribution in [2.45, 2.75) is 11.8 Å². The van der Waals surface area contributed by atoms with Gasteiger partial charge in [-0.3, -0.25) is 0 Å². The van der Waals surface area contributed by atoms with Crippen LogP contribution in [0.15, 0.2) is 47.5 Å². The number of hydrogen-bond acceptors (Lipinski definition) is 4. The van der Waals surface area contributed by atoms with Crippen LogP contribution in [0.3, 0.4) is 0 Å². The molecule has 1 heterocycles. The number of nitrogen functional groups attached to an aromatic ring is 1. The number of nitrogens with one attached hydrogen (secondary N) is 1. The van der Waals surface area contributed by atoms with Crippen LogP contribution < -0.4 is 11.1 Å². The molecule has 2 rings (SSSR count). The van der Waals surface area contributed by atoms with E-state index in [2.05, 4.69) is 34.6 Å². The fourth-order valence-corrected chi connectivity index (χ4v) is 2.36. The van der Waals surface area contributed by atoms with Gasteiger partial charge < -0.3 is 11.1 Å². The van der Waals surface area contributed by atoms with Crippen molar-refractivity contribution in [2.24, 2.45) is 0 Å². The van der Waals surface area contributed by atoms with Crippen LogP contribution in [-0.2, 0) is 0 Å². The van der Waals surface area contributed by atoms with Gasteiger partial charge in [-0.2, -0.15) is 0 Å². The Labute approximate surface area is 112 Å². The molecule has 0 aliphatic rings. The summed E-state index contributed by atoms with van der Waals surface area (Å²) in [5.41, 5.74) is 7.74. The van der Waals surface area contributed by atoms with Crippen molar-refractivity contribution in [1.82, 2.24) is 4.98 Å². The van der Waals surface area contributed by atoms with Gasteiger partial charge in [0.1, 0.15) is 5.82 Å². The van der Waals surface area contributed by atoms with Crippen molar-refractivity contribution >= 4 is 23.3 Å². The lowest BCUT2D eigenvalue weighted by atomic mass is 10.2. The normalized spacial score (nSPS) is 10.3. The number of rotatable bonds is 5. The number of aryl methyl sites for hydroxylation is 1. The number of anilines is 2. The zero-order valence-electron chi connectivity index (χ0n) is 10.4. The summed E-state index contributed by atoms with van der Waals surface area (Å²) in [5.74, 6) is 1.77. The van der Waals surface area contributed by atoms with Gasteiger partial charge in [-0.1, -0.05) is 18.2 Å². The van der Waals surface area contributed by atoms with Crippen molar-refractivity contribution in [3.8, 4) is 0 Å². The summed E-state index contributed by atoms with van der Waals surface area (Å²) in [6.07, 6.45) is 1.78. The molecule has 0 amide bonds. The number of hydrogen-bond donors (Lipinski definition) is 2. The quantitative estimate of drug-likeness (QED) is 0.639. The molecular formula is C14H17N3S. The smallest absolute Gasteiger partial charge is 0.149 e. The number of thioether (sulfide) groups is 1. The van der Waals surface area contributed by atoms with Crippen LogP contribution in [0.2, 0.25) is 0 Å². The molecule has 0 radical (unpaired) electrons. The first-order chi connectivity index (χ1) is 8.77. The summed E-state index contributed by atoms with van der Waals surface area (Å²) in [7, 11) is 0. The Kier molecular flexibility index (Phi) is 4.47. The summed E-state index contributed by atoms with van der Waals surface area (Å²) in [6.45, 7) is 2.83. The van der Waals surface area contributed by atoms with Gasteiger partial charge in [0.25, 0.3) is 0 Å². The fourth-order valence-electron chi connectivity index (χ4n) is 1.57. The van der Waals surface area contributed by atoms with Crippen LogP contribution in [0.1, 0.15) is 5.56 Å². The molecule has 2 aromatic rings.